The van der Waals surface area contributed by atoms with Crippen molar-refractivity contribution in [3.8, 4) is 0 Å². The number of nitrogens with zero attached hydrogens (tertiary/aromatic N) is 1. The molecule has 0 aromatic carbocycles. The molecular weight excluding hydrogens is 154 g/mol. The van der Waals surface area contributed by atoms with Crippen LogP contribution in [0.2, 0.25) is 0 Å². The van der Waals surface area contributed by atoms with E-state index < -0.39 is 0 Å². The summed E-state index contributed by atoms with van der Waals surface area (Å²) in [6.07, 6.45) is 2.19. The summed E-state index contributed by atoms with van der Waals surface area (Å²) in [7, 11) is 0. The monoisotopic (exact) mass is 171 g/mol. The summed E-state index contributed by atoms with van der Waals surface area (Å²) in [6.45, 7) is 4.17. The summed E-state index contributed by atoms with van der Waals surface area (Å²) in [5.74, 6) is 0.663. The van der Waals surface area contributed by atoms with E-state index in [4.69, 9.17) is 5.73 Å². The molecule has 1 aliphatic rings. The first kappa shape index (κ1) is 9.48. The fraction of sp³-hybridized carbons (Fsp3) is 0.875. The third-order valence-corrected chi connectivity index (χ3v) is 2.26. The van der Waals surface area contributed by atoms with E-state index >= 15 is 0 Å². The van der Waals surface area contributed by atoms with Crippen molar-refractivity contribution in [1.82, 2.24) is 10.4 Å². The van der Waals surface area contributed by atoms with E-state index in [0.29, 0.717) is 5.92 Å². The van der Waals surface area contributed by atoms with Crippen LogP contribution in [0.15, 0.2) is 0 Å². The lowest BCUT2D eigenvalue weighted by Crippen LogP contribution is -2.46. The van der Waals surface area contributed by atoms with Gasteiger partial charge in [-0.25, -0.2) is 5.01 Å². The van der Waals surface area contributed by atoms with E-state index in [1.807, 2.05) is 5.01 Å². The van der Waals surface area contributed by atoms with Crippen LogP contribution in [0.5, 0.6) is 0 Å². The van der Waals surface area contributed by atoms with Gasteiger partial charge in [0.15, 0.2) is 0 Å². The van der Waals surface area contributed by atoms with Crippen LogP contribution in [-0.4, -0.2) is 30.6 Å². The predicted octanol–water partition coefficient (Wildman–Crippen LogP) is -0.292. The Hall–Kier alpha value is -0.610. The molecule has 1 amide bonds. The maximum Gasteiger partial charge on any atom is 0.231 e. The zero-order valence-electron chi connectivity index (χ0n) is 7.55. The van der Waals surface area contributed by atoms with Crippen LogP contribution in [0.3, 0.4) is 0 Å². The fourth-order valence-corrected chi connectivity index (χ4v) is 1.50. The minimum absolute atomic E-state index is 0.0150. The number of rotatable bonds is 2. The molecule has 0 atom stereocenters. The van der Waals surface area contributed by atoms with Crippen LogP contribution < -0.4 is 11.2 Å². The number of carbonyl (C=O) groups is 1. The van der Waals surface area contributed by atoms with E-state index in [1.165, 1.54) is 6.92 Å². The Labute approximate surface area is 73.1 Å². The molecule has 1 saturated heterocycles. The predicted molar refractivity (Wildman–Crippen MR) is 47.2 cm³/mol. The third kappa shape index (κ3) is 2.79. The van der Waals surface area contributed by atoms with E-state index in [2.05, 4.69) is 5.43 Å². The molecule has 4 heteroatoms. The van der Waals surface area contributed by atoms with Gasteiger partial charge in [0.25, 0.3) is 0 Å². The molecule has 0 radical (unpaired) electrons. The summed E-state index contributed by atoms with van der Waals surface area (Å²) in [5.41, 5.74) is 8.32. The van der Waals surface area contributed by atoms with E-state index in [9.17, 15) is 4.79 Å². The summed E-state index contributed by atoms with van der Waals surface area (Å²) >= 11 is 0. The average molecular weight is 171 g/mol. The number of hydrogen-bond donors (Lipinski definition) is 2. The quantitative estimate of drug-likeness (QED) is 0.600. The van der Waals surface area contributed by atoms with E-state index in [0.717, 1.165) is 32.5 Å². The zero-order chi connectivity index (χ0) is 8.97. The highest BCUT2D eigenvalue weighted by molar-refractivity contribution is 5.72. The van der Waals surface area contributed by atoms with Crippen molar-refractivity contribution in [1.29, 1.82) is 0 Å². The number of piperidine rings is 1. The largest absolute Gasteiger partial charge is 0.330 e. The van der Waals surface area contributed by atoms with Crippen LogP contribution >= 0.6 is 0 Å². The Morgan fingerprint density at radius 1 is 1.58 bits per heavy atom. The number of hydrogen-bond acceptors (Lipinski definition) is 3. The third-order valence-electron chi connectivity index (χ3n) is 2.26. The molecule has 0 aromatic rings. The van der Waals surface area contributed by atoms with Gasteiger partial charge in [0, 0.05) is 20.0 Å². The highest BCUT2D eigenvalue weighted by Gasteiger charge is 2.17. The van der Waals surface area contributed by atoms with E-state index in [1.54, 1.807) is 0 Å². The first-order valence-corrected chi connectivity index (χ1v) is 4.44. The summed E-state index contributed by atoms with van der Waals surface area (Å²) in [4.78, 5) is 10.7. The highest BCUT2D eigenvalue weighted by Crippen LogP contribution is 2.13. The zero-order valence-corrected chi connectivity index (χ0v) is 7.55. The number of hydrazine groups is 1. The van der Waals surface area contributed by atoms with Crippen LogP contribution in [-0.2, 0) is 4.79 Å². The first-order chi connectivity index (χ1) is 5.72. The first-order valence-electron chi connectivity index (χ1n) is 4.44. The van der Waals surface area contributed by atoms with E-state index in [-0.39, 0.29) is 5.91 Å². The molecule has 0 aromatic heterocycles. The molecule has 0 unspecified atom stereocenters. The maximum absolute atomic E-state index is 10.7. The fourth-order valence-electron chi connectivity index (χ4n) is 1.50. The molecule has 1 fully saturated rings. The molecule has 12 heavy (non-hydrogen) atoms. The van der Waals surface area contributed by atoms with Crippen molar-refractivity contribution < 1.29 is 4.79 Å². The Kier molecular flexibility index (Phi) is 3.49. The van der Waals surface area contributed by atoms with Crippen LogP contribution in [0.25, 0.3) is 0 Å². The van der Waals surface area contributed by atoms with Crippen LogP contribution in [0.4, 0.5) is 0 Å². The lowest BCUT2D eigenvalue weighted by Gasteiger charge is -2.30. The van der Waals surface area contributed by atoms with Crippen molar-refractivity contribution in [2.45, 2.75) is 19.8 Å². The van der Waals surface area contributed by atoms with Crippen molar-refractivity contribution in [2.75, 3.05) is 19.6 Å². The molecule has 1 heterocycles. The van der Waals surface area contributed by atoms with Gasteiger partial charge in [0.2, 0.25) is 5.91 Å². The Balaban J connectivity index is 2.21. The molecular formula is C8H17N3O. The van der Waals surface area contributed by atoms with Crippen molar-refractivity contribution in [3.05, 3.63) is 0 Å². The number of carbonyl (C=O) groups excluding carboxylic acids is 1. The Bertz CT molecular complexity index is 152. The van der Waals surface area contributed by atoms with Crippen LogP contribution in [0, 0.1) is 5.92 Å². The summed E-state index contributed by atoms with van der Waals surface area (Å²) in [5, 5.41) is 1.97. The highest BCUT2D eigenvalue weighted by atomic mass is 16.2. The Morgan fingerprint density at radius 2 is 2.17 bits per heavy atom. The smallest absolute Gasteiger partial charge is 0.231 e. The molecule has 3 N–H and O–H groups in total. The second kappa shape index (κ2) is 4.42. The molecule has 0 saturated carbocycles. The molecule has 70 valence electrons. The normalized spacial score (nSPS) is 20.8. The second-order valence-corrected chi connectivity index (χ2v) is 3.33. The van der Waals surface area contributed by atoms with Gasteiger partial charge in [-0.3, -0.25) is 10.2 Å². The van der Waals surface area contributed by atoms with Gasteiger partial charge in [-0.05, 0) is 25.3 Å². The van der Waals surface area contributed by atoms with Gasteiger partial charge >= 0.3 is 0 Å². The van der Waals surface area contributed by atoms with Crippen molar-refractivity contribution >= 4 is 5.91 Å². The Morgan fingerprint density at radius 3 is 2.58 bits per heavy atom. The SMILES string of the molecule is CC(=O)NN1CCC(CN)CC1. The minimum atomic E-state index is 0.0150. The van der Waals surface area contributed by atoms with Gasteiger partial charge in [-0.1, -0.05) is 0 Å². The van der Waals surface area contributed by atoms with Crippen molar-refractivity contribution in [2.24, 2.45) is 11.7 Å². The number of amides is 1. The lowest BCUT2D eigenvalue weighted by molar-refractivity contribution is -0.124. The second-order valence-electron chi connectivity index (χ2n) is 3.33. The maximum atomic E-state index is 10.7. The number of nitrogens with two attached hydrogens (primary N) is 1. The van der Waals surface area contributed by atoms with Gasteiger partial charge < -0.3 is 5.73 Å². The lowest BCUT2D eigenvalue weighted by atomic mass is 9.98. The summed E-state index contributed by atoms with van der Waals surface area (Å²) < 4.78 is 0. The van der Waals surface area contributed by atoms with Gasteiger partial charge in [-0.15, -0.1) is 0 Å². The molecule has 4 nitrogen and oxygen atoms in total. The molecule has 0 spiro atoms. The molecule has 0 aliphatic carbocycles. The van der Waals surface area contributed by atoms with Crippen LogP contribution in [0.1, 0.15) is 19.8 Å². The molecule has 1 aliphatic heterocycles. The molecule has 0 bridgehead atoms. The van der Waals surface area contributed by atoms with Crippen molar-refractivity contribution in [3.63, 3.8) is 0 Å². The van der Waals surface area contributed by atoms with Gasteiger partial charge in [0.1, 0.15) is 0 Å². The standard InChI is InChI=1S/C8H17N3O/c1-7(12)10-11-4-2-8(6-9)3-5-11/h8H,2-6,9H2,1H3,(H,10,12). The van der Waals surface area contributed by atoms with Gasteiger partial charge in [0.05, 0.1) is 0 Å². The topological polar surface area (TPSA) is 58.4 Å². The number of nitrogens with one attached hydrogen (secondary N) is 1. The molecule has 1 rings (SSSR count). The minimum Gasteiger partial charge on any atom is -0.330 e. The van der Waals surface area contributed by atoms with Gasteiger partial charge in [-0.2, -0.15) is 0 Å². The summed E-state index contributed by atoms with van der Waals surface area (Å²) in [6, 6.07) is 0. The average Bonchev–Trinajstić information content (AvgIpc) is 2.05.